The van der Waals surface area contributed by atoms with Crippen LogP contribution in [0.4, 0.5) is 8.78 Å². The molecule has 82 valence electrons. The third-order valence-corrected chi connectivity index (χ3v) is 2.00. The zero-order valence-electron chi connectivity index (χ0n) is 8.59. The van der Waals surface area contributed by atoms with E-state index in [1.807, 2.05) is 0 Å². The summed E-state index contributed by atoms with van der Waals surface area (Å²) >= 11 is 0. The highest BCUT2D eigenvalue weighted by Crippen LogP contribution is 2.15. The maximum Gasteiger partial charge on any atom is 0.197 e. The first kappa shape index (κ1) is 11.8. The monoisotopic (exact) mass is 214 g/mol. The molecule has 1 unspecified atom stereocenters. The first-order valence-electron chi connectivity index (χ1n) is 4.67. The first-order chi connectivity index (χ1) is 7.07. The summed E-state index contributed by atoms with van der Waals surface area (Å²) in [5.74, 6) is -2.38. The number of ketones is 1. The van der Waals surface area contributed by atoms with Crippen LogP contribution in [0, 0.1) is 11.6 Å². The van der Waals surface area contributed by atoms with Gasteiger partial charge in [-0.2, -0.15) is 0 Å². The van der Waals surface area contributed by atoms with E-state index in [1.54, 1.807) is 6.92 Å². The Morgan fingerprint density at radius 2 is 1.93 bits per heavy atom. The van der Waals surface area contributed by atoms with E-state index < -0.39 is 29.1 Å². The number of ether oxygens (including phenoxy) is 1. The lowest BCUT2D eigenvalue weighted by Gasteiger charge is -2.11. The summed E-state index contributed by atoms with van der Waals surface area (Å²) in [5, 5.41) is 0. The van der Waals surface area contributed by atoms with E-state index in [1.165, 1.54) is 13.0 Å². The lowest BCUT2D eigenvalue weighted by Crippen LogP contribution is -2.23. The van der Waals surface area contributed by atoms with E-state index in [0.29, 0.717) is 6.61 Å². The van der Waals surface area contributed by atoms with Gasteiger partial charge < -0.3 is 4.74 Å². The number of hydrogen-bond acceptors (Lipinski definition) is 2. The van der Waals surface area contributed by atoms with Crippen molar-refractivity contribution in [1.29, 1.82) is 0 Å². The fourth-order valence-corrected chi connectivity index (χ4v) is 1.26. The summed E-state index contributed by atoms with van der Waals surface area (Å²) in [7, 11) is 0. The van der Waals surface area contributed by atoms with Crippen LogP contribution in [-0.4, -0.2) is 18.5 Å². The van der Waals surface area contributed by atoms with Gasteiger partial charge >= 0.3 is 0 Å². The van der Waals surface area contributed by atoms with Gasteiger partial charge in [0.15, 0.2) is 5.78 Å². The SMILES string of the molecule is CCOC(C)C(=O)c1c(F)cccc1F. The van der Waals surface area contributed by atoms with Crippen LogP contribution in [-0.2, 0) is 4.74 Å². The molecule has 0 aromatic heterocycles. The van der Waals surface area contributed by atoms with Gasteiger partial charge in [-0.15, -0.1) is 0 Å². The lowest BCUT2D eigenvalue weighted by molar-refractivity contribution is 0.0512. The van der Waals surface area contributed by atoms with E-state index >= 15 is 0 Å². The van der Waals surface area contributed by atoms with Gasteiger partial charge in [0.25, 0.3) is 0 Å². The highest BCUT2D eigenvalue weighted by atomic mass is 19.1. The minimum Gasteiger partial charge on any atom is -0.371 e. The Labute approximate surface area is 86.9 Å². The molecule has 0 radical (unpaired) electrons. The number of Topliss-reactive ketones (excluding diaryl/α,β-unsaturated/α-hetero) is 1. The smallest absolute Gasteiger partial charge is 0.197 e. The summed E-state index contributed by atoms with van der Waals surface area (Å²) in [6, 6.07) is 3.32. The van der Waals surface area contributed by atoms with Crippen LogP contribution in [0.5, 0.6) is 0 Å². The van der Waals surface area contributed by atoms with E-state index in [9.17, 15) is 13.6 Å². The van der Waals surface area contributed by atoms with Crippen LogP contribution in [0.25, 0.3) is 0 Å². The number of rotatable bonds is 4. The molecule has 0 amide bonds. The minimum atomic E-state index is -0.855. The molecule has 0 aliphatic heterocycles. The Morgan fingerprint density at radius 3 is 2.40 bits per heavy atom. The van der Waals surface area contributed by atoms with Crippen molar-refractivity contribution in [2.24, 2.45) is 0 Å². The molecule has 0 fully saturated rings. The van der Waals surface area contributed by atoms with Gasteiger partial charge in [0, 0.05) is 6.61 Å². The van der Waals surface area contributed by atoms with Crippen molar-refractivity contribution in [1.82, 2.24) is 0 Å². The van der Waals surface area contributed by atoms with Gasteiger partial charge in [-0.3, -0.25) is 4.79 Å². The van der Waals surface area contributed by atoms with Gasteiger partial charge in [0.1, 0.15) is 17.7 Å². The molecule has 1 rings (SSSR count). The maximum absolute atomic E-state index is 13.2. The lowest BCUT2D eigenvalue weighted by atomic mass is 10.1. The molecule has 0 saturated heterocycles. The molecule has 2 nitrogen and oxygen atoms in total. The molecule has 15 heavy (non-hydrogen) atoms. The molecule has 1 aromatic carbocycles. The maximum atomic E-state index is 13.2. The van der Waals surface area contributed by atoms with Crippen molar-refractivity contribution >= 4 is 5.78 Å². The van der Waals surface area contributed by atoms with Gasteiger partial charge in [-0.1, -0.05) is 6.07 Å². The average molecular weight is 214 g/mol. The van der Waals surface area contributed by atoms with Crippen molar-refractivity contribution < 1.29 is 18.3 Å². The summed E-state index contributed by atoms with van der Waals surface area (Å²) in [6.45, 7) is 3.50. The van der Waals surface area contributed by atoms with Crippen molar-refractivity contribution in [3.8, 4) is 0 Å². The Kier molecular flexibility index (Phi) is 3.91. The van der Waals surface area contributed by atoms with Crippen molar-refractivity contribution in [2.45, 2.75) is 20.0 Å². The molecule has 0 N–H and O–H groups in total. The summed E-state index contributed by atoms with van der Waals surface area (Å²) in [5.41, 5.74) is -0.529. The largest absolute Gasteiger partial charge is 0.371 e. The van der Waals surface area contributed by atoms with Gasteiger partial charge in [-0.25, -0.2) is 8.78 Å². The van der Waals surface area contributed by atoms with E-state index in [0.717, 1.165) is 12.1 Å². The van der Waals surface area contributed by atoms with Crippen LogP contribution in [0.15, 0.2) is 18.2 Å². The Morgan fingerprint density at radius 1 is 1.40 bits per heavy atom. The highest BCUT2D eigenvalue weighted by molar-refractivity contribution is 5.99. The van der Waals surface area contributed by atoms with E-state index in [-0.39, 0.29) is 0 Å². The van der Waals surface area contributed by atoms with Gasteiger partial charge in [0.05, 0.1) is 5.56 Å². The fraction of sp³-hybridized carbons (Fsp3) is 0.364. The van der Waals surface area contributed by atoms with Crippen LogP contribution in [0.2, 0.25) is 0 Å². The molecule has 4 heteroatoms. The molecular weight excluding hydrogens is 202 g/mol. The molecule has 0 aliphatic rings. The molecule has 0 aliphatic carbocycles. The van der Waals surface area contributed by atoms with Crippen LogP contribution >= 0.6 is 0 Å². The Bertz CT molecular complexity index is 343. The van der Waals surface area contributed by atoms with Crippen LogP contribution in [0.1, 0.15) is 24.2 Å². The second-order valence-electron chi connectivity index (χ2n) is 3.06. The number of carbonyl (C=O) groups is 1. The normalized spacial score (nSPS) is 12.5. The predicted octanol–water partition coefficient (Wildman–Crippen LogP) is 2.57. The molecular formula is C11H12F2O2. The second kappa shape index (κ2) is 4.98. The van der Waals surface area contributed by atoms with Crippen LogP contribution in [0.3, 0.4) is 0 Å². The van der Waals surface area contributed by atoms with E-state index in [4.69, 9.17) is 4.74 Å². The van der Waals surface area contributed by atoms with Gasteiger partial charge in [0.2, 0.25) is 0 Å². The van der Waals surface area contributed by atoms with Crippen LogP contribution < -0.4 is 0 Å². The zero-order chi connectivity index (χ0) is 11.4. The molecule has 0 heterocycles. The Hall–Kier alpha value is -1.29. The van der Waals surface area contributed by atoms with E-state index in [2.05, 4.69) is 0 Å². The standard InChI is InChI=1S/C11H12F2O2/c1-3-15-7(2)11(14)10-8(12)5-4-6-9(10)13/h4-7H,3H2,1-2H3. The predicted molar refractivity (Wildman–Crippen MR) is 51.8 cm³/mol. The summed E-state index contributed by atoms with van der Waals surface area (Å²) in [4.78, 5) is 11.6. The fourth-order valence-electron chi connectivity index (χ4n) is 1.26. The molecule has 0 saturated carbocycles. The zero-order valence-corrected chi connectivity index (χ0v) is 8.59. The topological polar surface area (TPSA) is 26.3 Å². The summed E-state index contributed by atoms with van der Waals surface area (Å²) in [6.07, 6.45) is -0.832. The third-order valence-electron chi connectivity index (χ3n) is 2.00. The molecule has 1 aromatic rings. The first-order valence-corrected chi connectivity index (χ1v) is 4.67. The minimum absolute atomic E-state index is 0.322. The van der Waals surface area contributed by atoms with Crippen molar-refractivity contribution in [3.63, 3.8) is 0 Å². The van der Waals surface area contributed by atoms with Crippen molar-refractivity contribution in [2.75, 3.05) is 6.61 Å². The average Bonchev–Trinajstić information content (AvgIpc) is 2.17. The molecule has 1 atom stereocenters. The third kappa shape index (κ3) is 2.59. The highest BCUT2D eigenvalue weighted by Gasteiger charge is 2.22. The number of hydrogen-bond donors (Lipinski definition) is 0. The Balaban J connectivity index is 3.00. The number of halogens is 2. The van der Waals surface area contributed by atoms with Crippen molar-refractivity contribution in [3.05, 3.63) is 35.4 Å². The second-order valence-corrected chi connectivity index (χ2v) is 3.06. The quantitative estimate of drug-likeness (QED) is 0.720. The summed E-state index contributed by atoms with van der Waals surface area (Å²) < 4.78 is 31.4. The molecule has 0 spiro atoms. The van der Waals surface area contributed by atoms with Gasteiger partial charge in [-0.05, 0) is 26.0 Å². The number of carbonyl (C=O) groups excluding carboxylic acids is 1. The number of benzene rings is 1. The molecule has 0 bridgehead atoms.